The van der Waals surface area contributed by atoms with Crippen LogP contribution in [0.4, 0.5) is 6.01 Å². The highest BCUT2D eigenvalue weighted by Gasteiger charge is 2.15. The fourth-order valence-corrected chi connectivity index (χ4v) is 1.94. The van der Waals surface area contributed by atoms with Crippen molar-refractivity contribution in [2.75, 3.05) is 11.9 Å². The maximum Gasteiger partial charge on any atom is 0.301 e. The Balaban J connectivity index is 1.71. The molecule has 1 amide bonds. The van der Waals surface area contributed by atoms with E-state index in [1.165, 1.54) is 31.9 Å². The lowest BCUT2D eigenvalue weighted by molar-refractivity contribution is -0.115. The zero-order chi connectivity index (χ0) is 11.4. The molecule has 16 heavy (non-hydrogen) atoms. The van der Waals surface area contributed by atoms with E-state index >= 15 is 0 Å². The van der Waals surface area contributed by atoms with E-state index in [0.29, 0.717) is 12.6 Å². The van der Waals surface area contributed by atoms with Gasteiger partial charge in [-0.15, -0.1) is 0 Å². The predicted octanol–water partition coefficient (Wildman–Crippen LogP) is 1.45. The van der Waals surface area contributed by atoms with Crippen molar-refractivity contribution in [1.82, 2.24) is 10.3 Å². The van der Waals surface area contributed by atoms with Crippen LogP contribution in [0.15, 0.2) is 10.7 Å². The number of aromatic nitrogens is 1. The first-order valence-electron chi connectivity index (χ1n) is 5.69. The van der Waals surface area contributed by atoms with Gasteiger partial charge >= 0.3 is 6.01 Å². The summed E-state index contributed by atoms with van der Waals surface area (Å²) in [6, 6.07) is 0.771. The van der Waals surface area contributed by atoms with Crippen LogP contribution in [0, 0.1) is 6.92 Å². The molecule has 1 aromatic heterocycles. The van der Waals surface area contributed by atoms with Crippen molar-refractivity contribution in [2.45, 2.75) is 38.6 Å². The van der Waals surface area contributed by atoms with Gasteiger partial charge in [0.1, 0.15) is 6.26 Å². The number of hydrogen-bond donors (Lipinski definition) is 2. The number of hydrogen-bond acceptors (Lipinski definition) is 4. The Labute approximate surface area is 94.6 Å². The van der Waals surface area contributed by atoms with Crippen molar-refractivity contribution in [3.8, 4) is 0 Å². The van der Waals surface area contributed by atoms with E-state index in [1.54, 1.807) is 0 Å². The average Bonchev–Trinajstić information content (AvgIpc) is 2.87. The normalized spacial score (nSPS) is 16.6. The molecule has 0 bridgehead atoms. The molecule has 0 aliphatic heterocycles. The Morgan fingerprint density at radius 3 is 2.94 bits per heavy atom. The third-order valence-corrected chi connectivity index (χ3v) is 2.77. The van der Waals surface area contributed by atoms with Crippen LogP contribution in [0.1, 0.15) is 31.4 Å². The second kappa shape index (κ2) is 5.12. The predicted molar refractivity (Wildman–Crippen MR) is 60.1 cm³/mol. The molecule has 0 atom stereocenters. The van der Waals surface area contributed by atoms with Crippen LogP contribution in [-0.2, 0) is 4.79 Å². The monoisotopic (exact) mass is 223 g/mol. The molecule has 5 heteroatoms. The number of nitrogens with one attached hydrogen (secondary N) is 2. The third-order valence-electron chi connectivity index (χ3n) is 2.77. The molecular weight excluding hydrogens is 206 g/mol. The van der Waals surface area contributed by atoms with Gasteiger partial charge in [-0.2, -0.15) is 4.98 Å². The van der Waals surface area contributed by atoms with Gasteiger partial charge in [0, 0.05) is 6.04 Å². The Morgan fingerprint density at radius 1 is 1.56 bits per heavy atom. The SMILES string of the molecule is Cc1coc(NC(=O)CNC2CCCC2)n1. The summed E-state index contributed by atoms with van der Waals surface area (Å²) < 4.78 is 5.04. The summed E-state index contributed by atoms with van der Waals surface area (Å²) >= 11 is 0. The second-order valence-electron chi connectivity index (χ2n) is 4.20. The Bertz CT molecular complexity index is 356. The highest BCUT2D eigenvalue weighted by Crippen LogP contribution is 2.17. The van der Waals surface area contributed by atoms with Gasteiger partial charge in [-0.1, -0.05) is 12.8 Å². The van der Waals surface area contributed by atoms with Crippen molar-refractivity contribution in [2.24, 2.45) is 0 Å². The van der Waals surface area contributed by atoms with Gasteiger partial charge in [-0.25, -0.2) is 0 Å². The van der Waals surface area contributed by atoms with Crippen molar-refractivity contribution >= 4 is 11.9 Å². The van der Waals surface area contributed by atoms with Crippen molar-refractivity contribution < 1.29 is 9.21 Å². The molecule has 0 saturated heterocycles. The Kier molecular flexibility index (Phi) is 3.56. The van der Waals surface area contributed by atoms with E-state index in [0.717, 1.165) is 5.69 Å². The minimum absolute atomic E-state index is 0.103. The van der Waals surface area contributed by atoms with Crippen LogP contribution in [0.3, 0.4) is 0 Å². The molecule has 2 rings (SSSR count). The standard InChI is InChI=1S/C11H17N3O2/c1-8-7-16-11(13-8)14-10(15)6-12-9-4-2-3-5-9/h7,9,12H,2-6H2,1H3,(H,13,14,15). The van der Waals surface area contributed by atoms with Crippen molar-refractivity contribution in [1.29, 1.82) is 0 Å². The number of rotatable bonds is 4. The number of amides is 1. The number of nitrogens with zero attached hydrogens (tertiary/aromatic N) is 1. The minimum Gasteiger partial charge on any atom is -0.432 e. The van der Waals surface area contributed by atoms with Crippen LogP contribution >= 0.6 is 0 Å². The first kappa shape index (κ1) is 11.1. The second-order valence-corrected chi connectivity index (χ2v) is 4.20. The molecule has 1 fully saturated rings. The number of aryl methyl sites for hydroxylation is 1. The van der Waals surface area contributed by atoms with Gasteiger partial charge < -0.3 is 9.73 Å². The van der Waals surface area contributed by atoms with Crippen LogP contribution < -0.4 is 10.6 Å². The molecule has 2 N–H and O–H groups in total. The maximum absolute atomic E-state index is 11.5. The summed E-state index contributed by atoms with van der Waals surface area (Å²) in [6.45, 7) is 2.14. The maximum atomic E-state index is 11.5. The Hall–Kier alpha value is -1.36. The number of anilines is 1. The Morgan fingerprint density at radius 2 is 2.31 bits per heavy atom. The fraction of sp³-hybridized carbons (Fsp3) is 0.636. The third kappa shape index (κ3) is 3.06. The molecule has 1 saturated carbocycles. The van der Waals surface area contributed by atoms with E-state index < -0.39 is 0 Å². The molecule has 0 unspecified atom stereocenters. The summed E-state index contributed by atoms with van der Waals surface area (Å²) in [5.41, 5.74) is 0.763. The molecule has 5 nitrogen and oxygen atoms in total. The molecule has 1 aliphatic rings. The zero-order valence-corrected chi connectivity index (χ0v) is 9.45. The largest absolute Gasteiger partial charge is 0.432 e. The van der Waals surface area contributed by atoms with Gasteiger partial charge in [0.05, 0.1) is 12.2 Å². The van der Waals surface area contributed by atoms with Crippen molar-refractivity contribution in [3.63, 3.8) is 0 Å². The van der Waals surface area contributed by atoms with E-state index in [1.807, 2.05) is 6.92 Å². The minimum atomic E-state index is -0.103. The summed E-state index contributed by atoms with van der Waals surface area (Å²) in [5.74, 6) is -0.103. The molecule has 1 aromatic rings. The summed E-state index contributed by atoms with van der Waals surface area (Å²) in [7, 11) is 0. The summed E-state index contributed by atoms with van der Waals surface area (Å²) in [6.07, 6.45) is 6.38. The van der Waals surface area contributed by atoms with Gasteiger partial charge in [0.2, 0.25) is 5.91 Å². The molecule has 0 radical (unpaired) electrons. The van der Waals surface area contributed by atoms with Crippen LogP contribution in [0.5, 0.6) is 0 Å². The average molecular weight is 223 g/mol. The smallest absolute Gasteiger partial charge is 0.301 e. The van der Waals surface area contributed by atoms with Crippen molar-refractivity contribution in [3.05, 3.63) is 12.0 Å². The van der Waals surface area contributed by atoms with Crippen LogP contribution in [-0.4, -0.2) is 23.5 Å². The lowest BCUT2D eigenvalue weighted by atomic mass is 10.2. The molecular formula is C11H17N3O2. The quantitative estimate of drug-likeness (QED) is 0.810. The zero-order valence-electron chi connectivity index (χ0n) is 9.45. The summed E-state index contributed by atoms with van der Waals surface area (Å²) in [4.78, 5) is 15.5. The summed E-state index contributed by atoms with van der Waals surface area (Å²) in [5, 5.41) is 5.83. The van der Waals surface area contributed by atoms with E-state index in [2.05, 4.69) is 15.6 Å². The van der Waals surface area contributed by atoms with E-state index in [9.17, 15) is 4.79 Å². The number of carbonyl (C=O) groups is 1. The lowest BCUT2D eigenvalue weighted by Gasteiger charge is -2.10. The van der Waals surface area contributed by atoms with E-state index in [4.69, 9.17) is 4.42 Å². The highest BCUT2D eigenvalue weighted by atomic mass is 16.4. The fourth-order valence-electron chi connectivity index (χ4n) is 1.94. The number of carbonyl (C=O) groups excluding carboxylic acids is 1. The highest BCUT2D eigenvalue weighted by molar-refractivity contribution is 5.90. The molecule has 0 spiro atoms. The molecule has 1 aliphatic carbocycles. The first-order chi connectivity index (χ1) is 7.74. The molecule has 88 valence electrons. The first-order valence-corrected chi connectivity index (χ1v) is 5.69. The molecule has 0 aromatic carbocycles. The van der Waals surface area contributed by atoms with Crippen LogP contribution in [0.2, 0.25) is 0 Å². The van der Waals surface area contributed by atoms with E-state index in [-0.39, 0.29) is 11.9 Å². The van der Waals surface area contributed by atoms with Crippen LogP contribution in [0.25, 0.3) is 0 Å². The van der Waals surface area contributed by atoms with Gasteiger partial charge in [0.15, 0.2) is 0 Å². The lowest BCUT2D eigenvalue weighted by Crippen LogP contribution is -2.34. The topological polar surface area (TPSA) is 67.2 Å². The van der Waals surface area contributed by atoms with Gasteiger partial charge in [-0.3, -0.25) is 10.1 Å². The molecule has 1 heterocycles. The van der Waals surface area contributed by atoms with Gasteiger partial charge in [-0.05, 0) is 19.8 Å². The van der Waals surface area contributed by atoms with Gasteiger partial charge in [0.25, 0.3) is 0 Å². The number of oxazole rings is 1.